The van der Waals surface area contributed by atoms with Crippen LogP contribution >= 0.6 is 11.8 Å². The lowest BCUT2D eigenvalue weighted by Crippen LogP contribution is -2.52. The number of hydrogen-bond donors (Lipinski definition) is 1. The Morgan fingerprint density at radius 2 is 2.17 bits per heavy atom. The van der Waals surface area contributed by atoms with Crippen LogP contribution in [0.5, 0.6) is 0 Å². The van der Waals surface area contributed by atoms with E-state index in [0.29, 0.717) is 17.2 Å². The van der Waals surface area contributed by atoms with Gasteiger partial charge >= 0.3 is 0 Å². The maximum Gasteiger partial charge on any atom is 0.255 e. The fourth-order valence-electron chi connectivity index (χ4n) is 2.38. The zero-order valence-electron chi connectivity index (χ0n) is 13.6. The molecule has 0 bridgehead atoms. The lowest BCUT2D eigenvalue weighted by atomic mass is 10.1. The van der Waals surface area contributed by atoms with Gasteiger partial charge in [0.25, 0.3) is 5.91 Å². The van der Waals surface area contributed by atoms with E-state index in [4.69, 9.17) is 5.26 Å². The fourth-order valence-corrected chi connectivity index (χ4v) is 3.54. The number of carbonyl (C=O) groups is 2. The molecule has 0 unspecified atom stereocenters. The summed E-state index contributed by atoms with van der Waals surface area (Å²) < 4.78 is 0. The predicted molar refractivity (Wildman–Crippen MR) is 90.9 cm³/mol. The Balaban J connectivity index is 2.16. The summed E-state index contributed by atoms with van der Waals surface area (Å²) in [7, 11) is 0. The van der Waals surface area contributed by atoms with Crippen LogP contribution in [-0.2, 0) is 11.2 Å². The van der Waals surface area contributed by atoms with Gasteiger partial charge in [0.2, 0.25) is 5.91 Å². The average Bonchev–Trinajstić information content (AvgIpc) is 2.95. The van der Waals surface area contributed by atoms with E-state index in [1.54, 1.807) is 34.9 Å². The van der Waals surface area contributed by atoms with E-state index in [1.807, 2.05) is 26.8 Å². The highest BCUT2D eigenvalue weighted by Crippen LogP contribution is 2.24. The first-order valence-electron chi connectivity index (χ1n) is 7.48. The lowest BCUT2D eigenvalue weighted by molar-refractivity contribution is -0.125. The standard InChI is InChI=1S/C17H21N3O2S/c1-17(2,3)19-15(21)14-10-23-11-20(14)16(22)13-6-4-5-12(9-13)7-8-18/h4-6,9,14H,7,10-11H2,1-3H3,(H,19,21)/t14-/m0/s1. The summed E-state index contributed by atoms with van der Waals surface area (Å²) >= 11 is 1.57. The van der Waals surface area contributed by atoms with Gasteiger partial charge in [-0.25, -0.2) is 0 Å². The van der Waals surface area contributed by atoms with Gasteiger partial charge in [-0.1, -0.05) is 12.1 Å². The number of nitriles is 1. The summed E-state index contributed by atoms with van der Waals surface area (Å²) in [6.45, 7) is 5.76. The van der Waals surface area contributed by atoms with E-state index < -0.39 is 6.04 Å². The summed E-state index contributed by atoms with van der Waals surface area (Å²) in [5.41, 5.74) is 1.00. The first-order chi connectivity index (χ1) is 10.8. The summed E-state index contributed by atoms with van der Waals surface area (Å²) in [6, 6.07) is 8.68. The van der Waals surface area contributed by atoms with Crippen molar-refractivity contribution in [1.82, 2.24) is 10.2 Å². The van der Waals surface area contributed by atoms with E-state index in [-0.39, 0.29) is 23.8 Å². The first-order valence-corrected chi connectivity index (χ1v) is 8.64. The van der Waals surface area contributed by atoms with Crippen molar-refractivity contribution in [2.45, 2.75) is 38.8 Å². The predicted octanol–water partition coefficient (Wildman–Crippen LogP) is 2.18. The minimum absolute atomic E-state index is 0.121. The van der Waals surface area contributed by atoms with Crippen LogP contribution in [-0.4, -0.2) is 39.9 Å². The van der Waals surface area contributed by atoms with E-state index >= 15 is 0 Å². The monoisotopic (exact) mass is 331 g/mol. The first kappa shape index (κ1) is 17.4. The normalized spacial score (nSPS) is 17.7. The quantitative estimate of drug-likeness (QED) is 0.921. The molecule has 0 aromatic heterocycles. The molecule has 1 aromatic carbocycles. The van der Waals surface area contributed by atoms with E-state index in [9.17, 15) is 9.59 Å². The maximum absolute atomic E-state index is 12.7. The second-order valence-corrected chi connectivity index (χ2v) is 7.56. The highest BCUT2D eigenvalue weighted by Gasteiger charge is 2.36. The number of hydrogen-bond acceptors (Lipinski definition) is 4. The second kappa shape index (κ2) is 7.05. The molecule has 1 aromatic rings. The number of rotatable bonds is 3. The molecule has 2 amide bonds. The molecule has 1 heterocycles. The van der Waals surface area contributed by atoms with Crippen molar-refractivity contribution in [1.29, 1.82) is 5.26 Å². The Kier molecular flexibility index (Phi) is 5.32. The molecule has 1 aliphatic rings. The molecule has 5 nitrogen and oxygen atoms in total. The zero-order valence-corrected chi connectivity index (χ0v) is 14.4. The van der Waals surface area contributed by atoms with Gasteiger partial charge in [-0.05, 0) is 38.5 Å². The molecule has 0 saturated carbocycles. The minimum Gasteiger partial charge on any atom is -0.350 e. The molecular weight excluding hydrogens is 310 g/mol. The molecule has 0 spiro atoms. The van der Waals surface area contributed by atoms with Crippen LogP contribution < -0.4 is 5.32 Å². The van der Waals surface area contributed by atoms with Crippen LogP contribution in [0, 0.1) is 11.3 Å². The molecule has 1 fully saturated rings. The van der Waals surface area contributed by atoms with Gasteiger partial charge in [0.05, 0.1) is 18.4 Å². The SMILES string of the molecule is CC(C)(C)NC(=O)[C@@H]1CSCN1C(=O)c1cccc(CC#N)c1. The number of amides is 2. The molecule has 1 saturated heterocycles. The highest BCUT2D eigenvalue weighted by atomic mass is 32.2. The lowest BCUT2D eigenvalue weighted by Gasteiger charge is -2.27. The van der Waals surface area contributed by atoms with Gasteiger partial charge in [0.15, 0.2) is 0 Å². The summed E-state index contributed by atoms with van der Waals surface area (Å²) in [5.74, 6) is 0.822. The zero-order chi connectivity index (χ0) is 17.0. The third-order valence-electron chi connectivity index (χ3n) is 3.40. The van der Waals surface area contributed by atoms with Crippen LogP contribution in [0.3, 0.4) is 0 Å². The van der Waals surface area contributed by atoms with Crippen LogP contribution in [0.15, 0.2) is 24.3 Å². The molecule has 0 aliphatic carbocycles. The molecular formula is C17H21N3O2S. The van der Waals surface area contributed by atoms with Gasteiger partial charge in [-0.2, -0.15) is 5.26 Å². The molecule has 1 N–H and O–H groups in total. The Labute approximate surface area is 141 Å². The summed E-state index contributed by atoms with van der Waals surface area (Å²) in [4.78, 5) is 26.8. The topological polar surface area (TPSA) is 73.2 Å². The Morgan fingerprint density at radius 1 is 1.43 bits per heavy atom. The number of nitrogens with one attached hydrogen (secondary N) is 1. The van der Waals surface area contributed by atoms with E-state index in [2.05, 4.69) is 11.4 Å². The molecule has 6 heteroatoms. The van der Waals surface area contributed by atoms with Crippen LogP contribution in [0.1, 0.15) is 36.7 Å². The smallest absolute Gasteiger partial charge is 0.255 e. The van der Waals surface area contributed by atoms with E-state index in [0.717, 1.165) is 5.56 Å². The Morgan fingerprint density at radius 3 is 2.83 bits per heavy atom. The van der Waals surface area contributed by atoms with Gasteiger partial charge in [0, 0.05) is 16.9 Å². The Bertz CT molecular complexity index is 646. The molecule has 0 radical (unpaired) electrons. The van der Waals surface area contributed by atoms with Gasteiger partial charge < -0.3 is 10.2 Å². The number of carbonyl (C=O) groups excluding carboxylic acids is 2. The van der Waals surface area contributed by atoms with Crippen LogP contribution in [0.25, 0.3) is 0 Å². The molecule has 122 valence electrons. The fraction of sp³-hybridized carbons (Fsp3) is 0.471. The molecule has 1 atom stereocenters. The van der Waals surface area contributed by atoms with Crippen molar-refractivity contribution in [3.63, 3.8) is 0 Å². The number of nitrogens with zero attached hydrogens (tertiary/aromatic N) is 2. The van der Waals surface area contributed by atoms with Crippen LogP contribution in [0.4, 0.5) is 0 Å². The largest absolute Gasteiger partial charge is 0.350 e. The van der Waals surface area contributed by atoms with Gasteiger partial charge in [-0.15, -0.1) is 11.8 Å². The highest BCUT2D eigenvalue weighted by molar-refractivity contribution is 7.99. The van der Waals surface area contributed by atoms with Gasteiger partial charge in [-0.3, -0.25) is 9.59 Å². The second-order valence-electron chi connectivity index (χ2n) is 6.57. The molecule has 2 rings (SSSR count). The van der Waals surface area contributed by atoms with Crippen molar-refractivity contribution < 1.29 is 9.59 Å². The number of benzene rings is 1. The van der Waals surface area contributed by atoms with Crippen molar-refractivity contribution in [3.8, 4) is 6.07 Å². The van der Waals surface area contributed by atoms with Crippen LogP contribution in [0.2, 0.25) is 0 Å². The molecule has 23 heavy (non-hydrogen) atoms. The Hall–Kier alpha value is -2.00. The van der Waals surface area contributed by atoms with Crippen molar-refractivity contribution in [2.24, 2.45) is 0 Å². The maximum atomic E-state index is 12.7. The van der Waals surface area contributed by atoms with Crippen molar-refractivity contribution in [3.05, 3.63) is 35.4 Å². The average molecular weight is 331 g/mol. The number of thioether (sulfide) groups is 1. The van der Waals surface area contributed by atoms with Crippen molar-refractivity contribution >= 4 is 23.6 Å². The van der Waals surface area contributed by atoms with Gasteiger partial charge in [0.1, 0.15) is 6.04 Å². The molecule has 1 aliphatic heterocycles. The minimum atomic E-state index is -0.452. The summed E-state index contributed by atoms with van der Waals surface area (Å²) in [5, 5.41) is 11.7. The third kappa shape index (κ3) is 4.49. The third-order valence-corrected chi connectivity index (χ3v) is 4.41. The summed E-state index contributed by atoms with van der Waals surface area (Å²) in [6.07, 6.45) is 0.268. The van der Waals surface area contributed by atoms with Crippen molar-refractivity contribution in [2.75, 3.05) is 11.6 Å². The van der Waals surface area contributed by atoms with E-state index in [1.165, 1.54) is 0 Å².